The average Bonchev–Trinajstić information content (AvgIpc) is 2.00. The molecule has 0 aliphatic heterocycles. The highest BCUT2D eigenvalue weighted by Crippen LogP contribution is 1.96. The molecule has 2 atom stereocenters. The van der Waals surface area contributed by atoms with Crippen LogP contribution >= 0.6 is 0 Å². The lowest BCUT2D eigenvalue weighted by atomic mass is 10.2. The Labute approximate surface area is 77.3 Å². The Morgan fingerprint density at radius 3 is 2.38 bits per heavy atom. The first-order valence-electron chi connectivity index (χ1n) is 4.21. The molecule has 13 heavy (non-hydrogen) atoms. The highest BCUT2D eigenvalue weighted by molar-refractivity contribution is 5.81. The molecule has 0 spiro atoms. The van der Waals surface area contributed by atoms with Crippen LogP contribution in [-0.4, -0.2) is 29.1 Å². The fraction of sp³-hybridized carbons (Fsp3) is 0.750. The second-order valence-corrected chi connectivity index (χ2v) is 3.13. The fourth-order valence-electron chi connectivity index (χ4n) is 0.786. The van der Waals surface area contributed by atoms with Crippen LogP contribution in [0, 0.1) is 0 Å². The summed E-state index contributed by atoms with van der Waals surface area (Å²) in [6, 6.07) is -0.693. The molecule has 0 aromatic heterocycles. The van der Waals surface area contributed by atoms with Crippen molar-refractivity contribution < 1.29 is 14.7 Å². The molecule has 2 unspecified atom stereocenters. The molecule has 76 valence electrons. The maximum Gasteiger partial charge on any atom is 0.303 e. The third-order valence-corrected chi connectivity index (χ3v) is 1.59. The molecule has 0 aromatic rings. The Balaban J connectivity index is 3.68. The Morgan fingerprint density at radius 2 is 2.00 bits per heavy atom. The van der Waals surface area contributed by atoms with Gasteiger partial charge in [-0.25, -0.2) is 0 Å². The van der Waals surface area contributed by atoms with Crippen molar-refractivity contribution in [3.8, 4) is 0 Å². The third kappa shape index (κ3) is 6.10. The van der Waals surface area contributed by atoms with Gasteiger partial charge in [0.15, 0.2) is 0 Å². The quantitative estimate of drug-likeness (QED) is 0.552. The number of amides is 1. The molecule has 0 aliphatic rings. The Kier molecular flexibility index (Phi) is 5.06. The molecule has 5 nitrogen and oxygen atoms in total. The highest BCUT2D eigenvalue weighted by Gasteiger charge is 2.11. The second-order valence-electron chi connectivity index (χ2n) is 3.13. The first kappa shape index (κ1) is 11.9. The summed E-state index contributed by atoms with van der Waals surface area (Å²) in [4.78, 5) is 21.2. The Morgan fingerprint density at radius 1 is 1.46 bits per heavy atom. The van der Waals surface area contributed by atoms with Gasteiger partial charge in [-0.1, -0.05) is 0 Å². The summed E-state index contributed by atoms with van der Waals surface area (Å²) >= 11 is 0. The number of hydrogen-bond acceptors (Lipinski definition) is 3. The van der Waals surface area contributed by atoms with Crippen molar-refractivity contribution >= 4 is 11.9 Å². The van der Waals surface area contributed by atoms with E-state index in [1.54, 1.807) is 13.8 Å². The summed E-state index contributed by atoms with van der Waals surface area (Å²) < 4.78 is 0. The van der Waals surface area contributed by atoms with E-state index in [9.17, 15) is 9.59 Å². The summed E-state index contributed by atoms with van der Waals surface area (Å²) in [6.45, 7) is 3.34. The summed E-state index contributed by atoms with van der Waals surface area (Å²) in [5.41, 5.74) is 5.31. The Hall–Kier alpha value is -1.10. The smallest absolute Gasteiger partial charge is 0.303 e. The lowest BCUT2D eigenvalue weighted by Gasteiger charge is -2.14. The molecule has 4 N–H and O–H groups in total. The van der Waals surface area contributed by atoms with Gasteiger partial charge >= 0.3 is 5.97 Å². The molecular weight excluding hydrogens is 172 g/mol. The zero-order valence-electron chi connectivity index (χ0n) is 7.91. The van der Waals surface area contributed by atoms with E-state index < -0.39 is 12.0 Å². The lowest BCUT2D eigenvalue weighted by molar-refractivity contribution is -0.137. The number of rotatable bonds is 5. The summed E-state index contributed by atoms with van der Waals surface area (Å²) in [5.74, 6) is -1.11. The standard InChI is InChI=1S/C8H16N2O3/c1-5(3-4-7(11)12)10-8(13)6(2)9/h5-6H,3-4,9H2,1-2H3,(H,10,13)(H,11,12). The van der Waals surface area contributed by atoms with E-state index in [0.717, 1.165) is 0 Å². The van der Waals surface area contributed by atoms with Crippen molar-refractivity contribution in [1.82, 2.24) is 5.32 Å². The van der Waals surface area contributed by atoms with E-state index >= 15 is 0 Å². The van der Waals surface area contributed by atoms with Gasteiger partial charge in [0.1, 0.15) is 0 Å². The predicted molar refractivity (Wildman–Crippen MR) is 48.1 cm³/mol. The van der Waals surface area contributed by atoms with E-state index in [-0.39, 0.29) is 18.4 Å². The SMILES string of the molecule is CC(CCC(=O)O)NC(=O)C(C)N. The van der Waals surface area contributed by atoms with Crippen LogP contribution < -0.4 is 11.1 Å². The number of nitrogens with two attached hydrogens (primary N) is 1. The van der Waals surface area contributed by atoms with Crippen LogP contribution in [0.2, 0.25) is 0 Å². The van der Waals surface area contributed by atoms with E-state index in [0.29, 0.717) is 6.42 Å². The number of aliphatic carboxylic acids is 1. The molecule has 0 rings (SSSR count). The number of carboxylic acid groups (broad SMARTS) is 1. The van der Waals surface area contributed by atoms with Crippen LogP contribution in [0.15, 0.2) is 0 Å². The molecule has 0 aliphatic carbocycles. The van der Waals surface area contributed by atoms with Crippen molar-refractivity contribution in [3.63, 3.8) is 0 Å². The molecular formula is C8H16N2O3. The second kappa shape index (κ2) is 5.53. The van der Waals surface area contributed by atoms with Crippen LogP contribution in [0.3, 0.4) is 0 Å². The molecule has 0 fully saturated rings. The number of nitrogens with one attached hydrogen (secondary N) is 1. The van der Waals surface area contributed by atoms with Gasteiger partial charge in [0.2, 0.25) is 5.91 Å². The highest BCUT2D eigenvalue weighted by atomic mass is 16.4. The molecule has 5 heteroatoms. The van der Waals surface area contributed by atoms with E-state index in [2.05, 4.69) is 5.32 Å². The van der Waals surface area contributed by atoms with Gasteiger partial charge in [-0.2, -0.15) is 0 Å². The maximum atomic E-state index is 11.0. The van der Waals surface area contributed by atoms with Crippen LogP contribution in [0.25, 0.3) is 0 Å². The largest absolute Gasteiger partial charge is 0.481 e. The monoisotopic (exact) mass is 188 g/mol. The number of carbonyl (C=O) groups excluding carboxylic acids is 1. The summed E-state index contributed by atoms with van der Waals surface area (Å²) in [5, 5.41) is 11.0. The fourth-order valence-corrected chi connectivity index (χ4v) is 0.786. The van der Waals surface area contributed by atoms with E-state index in [1.807, 2.05) is 0 Å². The van der Waals surface area contributed by atoms with E-state index in [4.69, 9.17) is 10.8 Å². The van der Waals surface area contributed by atoms with Gasteiger partial charge in [0.05, 0.1) is 6.04 Å². The first-order chi connectivity index (χ1) is 5.93. The molecule has 0 aromatic carbocycles. The van der Waals surface area contributed by atoms with Gasteiger partial charge in [0, 0.05) is 12.5 Å². The van der Waals surface area contributed by atoms with E-state index in [1.165, 1.54) is 0 Å². The van der Waals surface area contributed by atoms with Crippen molar-refractivity contribution in [2.24, 2.45) is 5.73 Å². The van der Waals surface area contributed by atoms with Gasteiger partial charge in [-0.05, 0) is 20.3 Å². The number of carboxylic acids is 1. The minimum Gasteiger partial charge on any atom is -0.481 e. The maximum absolute atomic E-state index is 11.0. The lowest BCUT2D eigenvalue weighted by Crippen LogP contribution is -2.42. The molecule has 0 radical (unpaired) electrons. The molecule has 1 amide bonds. The van der Waals surface area contributed by atoms with Crippen LogP contribution in [0.4, 0.5) is 0 Å². The Bertz CT molecular complexity index is 192. The molecule has 0 saturated carbocycles. The van der Waals surface area contributed by atoms with Crippen molar-refractivity contribution in [1.29, 1.82) is 0 Å². The topological polar surface area (TPSA) is 92.4 Å². The number of hydrogen-bond donors (Lipinski definition) is 3. The van der Waals surface area contributed by atoms with Gasteiger partial charge in [-0.15, -0.1) is 0 Å². The molecule has 0 bridgehead atoms. The minimum absolute atomic E-state index is 0.0560. The van der Waals surface area contributed by atoms with Gasteiger partial charge in [0.25, 0.3) is 0 Å². The van der Waals surface area contributed by atoms with Crippen LogP contribution in [-0.2, 0) is 9.59 Å². The molecule has 0 heterocycles. The third-order valence-electron chi connectivity index (χ3n) is 1.59. The van der Waals surface area contributed by atoms with Gasteiger partial charge < -0.3 is 16.2 Å². The predicted octanol–water partition coefficient (Wildman–Crippen LogP) is -0.297. The van der Waals surface area contributed by atoms with Crippen molar-refractivity contribution in [2.45, 2.75) is 38.8 Å². The van der Waals surface area contributed by atoms with Crippen LogP contribution in [0.5, 0.6) is 0 Å². The summed E-state index contributed by atoms with van der Waals surface area (Å²) in [6.07, 6.45) is 0.480. The summed E-state index contributed by atoms with van der Waals surface area (Å²) in [7, 11) is 0. The van der Waals surface area contributed by atoms with Gasteiger partial charge in [-0.3, -0.25) is 9.59 Å². The normalized spacial score (nSPS) is 14.7. The average molecular weight is 188 g/mol. The van der Waals surface area contributed by atoms with Crippen LogP contribution in [0.1, 0.15) is 26.7 Å². The minimum atomic E-state index is -0.859. The first-order valence-corrected chi connectivity index (χ1v) is 4.21. The number of carbonyl (C=O) groups is 2. The van der Waals surface area contributed by atoms with Crippen molar-refractivity contribution in [2.75, 3.05) is 0 Å². The zero-order valence-corrected chi connectivity index (χ0v) is 7.91. The zero-order chi connectivity index (χ0) is 10.4. The molecule has 0 saturated heterocycles. The van der Waals surface area contributed by atoms with Crippen molar-refractivity contribution in [3.05, 3.63) is 0 Å².